The number of fused-ring (bicyclic) bond motifs is 3. The molecule has 0 aliphatic rings. The Morgan fingerprint density at radius 1 is 0.933 bits per heavy atom. The number of ketones is 1. The number of benzene rings is 3. The molecule has 30 heavy (non-hydrogen) atoms. The number of carbonyl (C=O) groups is 1. The number of hydrogen-bond acceptors (Lipinski definition) is 5. The van der Waals surface area contributed by atoms with Crippen molar-refractivity contribution < 1.29 is 9.18 Å². The summed E-state index contributed by atoms with van der Waals surface area (Å²) in [4.78, 5) is 17.5. The van der Waals surface area contributed by atoms with Crippen LogP contribution in [0.5, 0.6) is 0 Å². The van der Waals surface area contributed by atoms with Crippen LogP contribution in [0.2, 0.25) is 0 Å². The zero-order valence-corrected chi connectivity index (χ0v) is 16.0. The van der Waals surface area contributed by atoms with Gasteiger partial charge in [-0.3, -0.25) is 9.20 Å². The zero-order valence-electron chi connectivity index (χ0n) is 16.0. The van der Waals surface area contributed by atoms with Crippen molar-refractivity contribution in [1.82, 2.24) is 19.6 Å². The third-order valence-electron chi connectivity index (χ3n) is 4.91. The summed E-state index contributed by atoms with van der Waals surface area (Å²) in [5.74, 6) is 0.552. The normalized spacial score (nSPS) is 11.1. The second-order valence-corrected chi connectivity index (χ2v) is 6.87. The minimum Gasteiger partial charge on any atom is -0.335 e. The molecule has 0 amide bonds. The number of rotatable bonds is 4. The Morgan fingerprint density at radius 3 is 2.50 bits per heavy atom. The molecule has 3 aromatic carbocycles. The highest BCUT2D eigenvalue weighted by atomic mass is 19.1. The van der Waals surface area contributed by atoms with Crippen LogP contribution < -0.4 is 5.32 Å². The first kappa shape index (κ1) is 17.9. The van der Waals surface area contributed by atoms with Crippen molar-refractivity contribution >= 4 is 34.0 Å². The van der Waals surface area contributed by atoms with Gasteiger partial charge < -0.3 is 5.32 Å². The van der Waals surface area contributed by atoms with E-state index in [1.54, 1.807) is 48.5 Å². The lowest BCUT2D eigenvalue weighted by molar-refractivity contribution is 0.103. The van der Waals surface area contributed by atoms with E-state index >= 15 is 0 Å². The van der Waals surface area contributed by atoms with Crippen molar-refractivity contribution in [3.63, 3.8) is 0 Å². The van der Waals surface area contributed by atoms with E-state index in [1.165, 1.54) is 6.07 Å². The van der Waals surface area contributed by atoms with Gasteiger partial charge in [0.1, 0.15) is 11.6 Å². The third-order valence-corrected chi connectivity index (χ3v) is 4.91. The van der Waals surface area contributed by atoms with Gasteiger partial charge in [-0.25, -0.2) is 9.37 Å². The first-order chi connectivity index (χ1) is 14.6. The summed E-state index contributed by atoms with van der Waals surface area (Å²) in [5, 5.41) is 11.4. The fourth-order valence-corrected chi connectivity index (χ4v) is 3.44. The van der Waals surface area contributed by atoms with Gasteiger partial charge in [0.2, 0.25) is 5.65 Å². The number of anilines is 2. The predicted molar refractivity (Wildman–Crippen MR) is 113 cm³/mol. The highest BCUT2D eigenvalue weighted by molar-refractivity contribution is 6.10. The van der Waals surface area contributed by atoms with Crippen molar-refractivity contribution in [2.24, 2.45) is 0 Å². The number of aromatic nitrogens is 4. The van der Waals surface area contributed by atoms with Gasteiger partial charge in [-0.2, -0.15) is 0 Å². The fraction of sp³-hybridized carbons (Fsp3) is 0.0435. The molecule has 5 rings (SSSR count). The third kappa shape index (κ3) is 2.97. The molecule has 0 spiro atoms. The summed E-state index contributed by atoms with van der Waals surface area (Å²) < 4.78 is 15.9. The molecule has 5 aromatic rings. The quantitative estimate of drug-likeness (QED) is 0.445. The van der Waals surface area contributed by atoms with E-state index < -0.39 is 5.82 Å². The Bertz CT molecular complexity index is 1410. The Kier molecular flexibility index (Phi) is 4.21. The van der Waals surface area contributed by atoms with Gasteiger partial charge in [-0.15, -0.1) is 10.2 Å². The molecule has 7 heteroatoms. The van der Waals surface area contributed by atoms with E-state index in [4.69, 9.17) is 0 Å². The highest BCUT2D eigenvalue weighted by Crippen LogP contribution is 2.26. The molecule has 146 valence electrons. The number of hydrogen-bond donors (Lipinski definition) is 1. The summed E-state index contributed by atoms with van der Waals surface area (Å²) in [5.41, 5.74) is 3.23. The second-order valence-electron chi connectivity index (χ2n) is 6.87. The lowest BCUT2D eigenvalue weighted by Crippen LogP contribution is -2.05. The van der Waals surface area contributed by atoms with Crippen LogP contribution >= 0.6 is 0 Å². The van der Waals surface area contributed by atoms with Gasteiger partial charge in [0.25, 0.3) is 0 Å². The predicted octanol–water partition coefficient (Wildman–Crippen LogP) is 4.70. The van der Waals surface area contributed by atoms with Gasteiger partial charge in [-0.1, -0.05) is 42.5 Å². The van der Waals surface area contributed by atoms with E-state index in [9.17, 15) is 9.18 Å². The lowest BCUT2D eigenvalue weighted by Gasteiger charge is -2.11. The maximum atomic E-state index is 14.1. The number of para-hydroxylation sites is 1. The van der Waals surface area contributed by atoms with Crippen molar-refractivity contribution in [2.75, 3.05) is 5.32 Å². The van der Waals surface area contributed by atoms with Crippen molar-refractivity contribution in [3.05, 3.63) is 95.6 Å². The van der Waals surface area contributed by atoms with Crippen LogP contribution in [-0.4, -0.2) is 25.4 Å². The second kappa shape index (κ2) is 7.04. The largest absolute Gasteiger partial charge is 0.335 e. The van der Waals surface area contributed by atoms with Gasteiger partial charge in [0, 0.05) is 11.1 Å². The van der Waals surface area contributed by atoms with E-state index in [-0.39, 0.29) is 5.78 Å². The van der Waals surface area contributed by atoms with Gasteiger partial charge in [0.05, 0.1) is 16.7 Å². The molecular formula is C23H16FN5O. The van der Waals surface area contributed by atoms with Crippen molar-refractivity contribution in [1.29, 1.82) is 0 Å². The minimum atomic E-state index is -0.391. The number of nitrogens with zero attached hydrogens (tertiary/aromatic N) is 4. The first-order valence-corrected chi connectivity index (χ1v) is 9.38. The molecule has 0 aliphatic carbocycles. The summed E-state index contributed by atoms with van der Waals surface area (Å²) in [6, 6.07) is 20.8. The zero-order chi connectivity index (χ0) is 20.7. The number of nitrogens with one attached hydrogen (secondary N) is 1. The van der Waals surface area contributed by atoms with Gasteiger partial charge >= 0.3 is 0 Å². The number of aryl methyl sites for hydroxylation is 1. The van der Waals surface area contributed by atoms with Crippen LogP contribution in [0.3, 0.4) is 0 Å². The monoisotopic (exact) mass is 397 g/mol. The first-order valence-electron chi connectivity index (χ1n) is 9.38. The Morgan fingerprint density at radius 2 is 1.70 bits per heavy atom. The van der Waals surface area contributed by atoms with E-state index in [1.807, 2.05) is 29.5 Å². The smallest absolute Gasteiger partial charge is 0.204 e. The van der Waals surface area contributed by atoms with Crippen LogP contribution in [0.25, 0.3) is 16.7 Å². The molecular weight excluding hydrogens is 381 g/mol. The molecule has 0 saturated carbocycles. The average Bonchev–Trinajstić information content (AvgIpc) is 3.17. The molecule has 0 aliphatic heterocycles. The van der Waals surface area contributed by atoms with E-state index in [0.717, 1.165) is 0 Å². The average molecular weight is 397 g/mol. The summed E-state index contributed by atoms with van der Waals surface area (Å²) in [7, 11) is 0. The molecule has 0 bridgehead atoms. The van der Waals surface area contributed by atoms with Crippen LogP contribution in [0.1, 0.15) is 21.7 Å². The minimum absolute atomic E-state index is 0.0788. The van der Waals surface area contributed by atoms with Crippen LogP contribution in [0.4, 0.5) is 15.9 Å². The van der Waals surface area contributed by atoms with Gasteiger partial charge in [0.15, 0.2) is 11.6 Å². The molecule has 6 nitrogen and oxygen atoms in total. The Balaban J connectivity index is 1.67. The molecule has 0 atom stereocenters. The molecule has 1 N–H and O–H groups in total. The summed E-state index contributed by atoms with van der Waals surface area (Å²) in [6.45, 7) is 1.82. The van der Waals surface area contributed by atoms with Gasteiger partial charge in [-0.05, 0) is 37.3 Å². The highest BCUT2D eigenvalue weighted by Gasteiger charge is 2.17. The molecule has 0 unspecified atom stereocenters. The topological polar surface area (TPSA) is 72.2 Å². The Hall–Kier alpha value is -4.13. The van der Waals surface area contributed by atoms with E-state index in [0.29, 0.717) is 45.1 Å². The molecule has 2 heterocycles. The maximum absolute atomic E-state index is 14.1. The number of halogens is 1. The lowest BCUT2D eigenvalue weighted by atomic mass is 10.0. The summed E-state index contributed by atoms with van der Waals surface area (Å²) >= 11 is 0. The number of carbonyl (C=O) groups excluding carboxylic acids is 1. The van der Waals surface area contributed by atoms with E-state index in [2.05, 4.69) is 20.5 Å². The van der Waals surface area contributed by atoms with Crippen molar-refractivity contribution in [3.8, 4) is 0 Å². The summed E-state index contributed by atoms with van der Waals surface area (Å²) in [6.07, 6.45) is 0. The molecule has 0 radical (unpaired) electrons. The standard InChI is InChI=1S/C23H16FN5O/c1-14-27-28-23-22(25-18-10-6-5-9-17(18)24)26-19-12-11-16(13-20(19)29(14)23)21(30)15-7-3-2-4-8-15/h2-13H,1H3,(H,25,26). The van der Waals surface area contributed by atoms with Crippen LogP contribution in [-0.2, 0) is 0 Å². The molecule has 0 saturated heterocycles. The van der Waals surface area contributed by atoms with Crippen LogP contribution in [0, 0.1) is 12.7 Å². The molecule has 0 fully saturated rings. The molecule has 2 aromatic heterocycles. The van der Waals surface area contributed by atoms with Crippen molar-refractivity contribution in [2.45, 2.75) is 6.92 Å². The van der Waals surface area contributed by atoms with Crippen LogP contribution in [0.15, 0.2) is 72.8 Å². The SMILES string of the molecule is Cc1nnc2c(Nc3ccccc3F)nc3ccc(C(=O)c4ccccc4)cc3n12. The fourth-order valence-electron chi connectivity index (χ4n) is 3.44. The Labute approximate surface area is 171 Å². The maximum Gasteiger partial charge on any atom is 0.204 e.